The van der Waals surface area contributed by atoms with Crippen LogP contribution in [0.3, 0.4) is 0 Å². The Morgan fingerprint density at radius 3 is 2.60 bits per heavy atom. The number of hydrogen-bond acceptors (Lipinski definition) is 2. The largest absolute Gasteiger partial charge is 0.359 e. The van der Waals surface area contributed by atoms with Crippen molar-refractivity contribution >= 4 is 5.96 Å². The summed E-state index contributed by atoms with van der Waals surface area (Å²) < 4.78 is 0. The minimum Gasteiger partial charge on any atom is -0.359 e. The summed E-state index contributed by atoms with van der Waals surface area (Å²) in [6, 6.07) is 0. The fraction of sp³-hybridized carbons (Fsp3) is 0.909. The Balaban J connectivity index is 2.14. The zero-order valence-electron chi connectivity index (χ0n) is 10.2. The molecule has 4 heteroatoms. The molecule has 0 aromatic heterocycles. The van der Waals surface area contributed by atoms with Gasteiger partial charge in [0.2, 0.25) is 0 Å². The first-order chi connectivity index (χ1) is 7.26. The van der Waals surface area contributed by atoms with Gasteiger partial charge in [-0.05, 0) is 31.8 Å². The molecule has 88 valence electrons. The highest BCUT2D eigenvalue weighted by atomic mass is 15.2. The summed E-state index contributed by atoms with van der Waals surface area (Å²) in [4.78, 5) is 6.64. The summed E-state index contributed by atoms with van der Waals surface area (Å²) in [5.74, 6) is 1.55. The van der Waals surface area contributed by atoms with Crippen LogP contribution in [-0.4, -0.2) is 51.1 Å². The van der Waals surface area contributed by atoms with Crippen LogP contribution in [0.5, 0.6) is 0 Å². The Hall–Kier alpha value is -0.770. The maximum atomic E-state index is 4.09. The Kier molecular flexibility index (Phi) is 5.47. The first-order valence-electron chi connectivity index (χ1n) is 5.87. The number of nitrogens with one attached hydrogen (secondary N) is 2. The van der Waals surface area contributed by atoms with E-state index in [9.17, 15) is 0 Å². The predicted molar refractivity (Wildman–Crippen MR) is 65.3 cm³/mol. The van der Waals surface area contributed by atoms with Gasteiger partial charge in [-0.15, -0.1) is 0 Å². The molecule has 0 aliphatic carbocycles. The lowest BCUT2D eigenvalue weighted by Gasteiger charge is -2.21. The Labute approximate surface area is 93.1 Å². The van der Waals surface area contributed by atoms with Gasteiger partial charge in [-0.1, -0.05) is 6.92 Å². The molecule has 1 saturated heterocycles. The van der Waals surface area contributed by atoms with Crippen molar-refractivity contribution in [2.45, 2.75) is 19.8 Å². The normalized spacial score (nSPS) is 20.3. The summed E-state index contributed by atoms with van der Waals surface area (Å²) in [5.41, 5.74) is 0. The highest BCUT2D eigenvalue weighted by molar-refractivity contribution is 5.79. The van der Waals surface area contributed by atoms with Crippen LogP contribution in [0.1, 0.15) is 19.8 Å². The van der Waals surface area contributed by atoms with Crippen LogP contribution in [0, 0.1) is 5.92 Å². The van der Waals surface area contributed by atoms with Gasteiger partial charge in [0.05, 0.1) is 0 Å². The zero-order valence-corrected chi connectivity index (χ0v) is 10.2. The van der Waals surface area contributed by atoms with Gasteiger partial charge >= 0.3 is 0 Å². The molecule has 15 heavy (non-hydrogen) atoms. The molecule has 0 aromatic rings. The molecule has 0 radical (unpaired) electrons. The van der Waals surface area contributed by atoms with E-state index in [1.807, 2.05) is 7.05 Å². The zero-order chi connectivity index (χ0) is 11.1. The van der Waals surface area contributed by atoms with Gasteiger partial charge in [0.25, 0.3) is 0 Å². The van der Waals surface area contributed by atoms with Gasteiger partial charge < -0.3 is 15.5 Å². The molecule has 1 fully saturated rings. The number of aliphatic imine (C=N–C) groups is 1. The van der Waals surface area contributed by atoms with Gasteiger partial charge in [-0.3, -0.25) is 4.99 Å². The van der Waals surface area contributed by atoms with Gasteiger partial charge in [-0.25, -0.2) is 0 Å². The van der Waals surface area contributed by atoms with Crippen molar-refractivity contribution < 1.29 is 0 Å². The maximum Gasteiger partial charge on any atom is 0.190 e. The van der Waals surface area contributed by atoms with Crippen molar-refractivity contribution in [3.05, 3.63) is 0 Å². The van der Waals surface area contributed by atoms with Crippen molar-refractivity contribution in [1.82, 2.24) is 15.5 Å². The second kappa shape index (κ2) is 6.67. The van der Waals surface area contributed by atoms with Crippen LogP contribution in [-0.2, 0) is 0 Å². The first kappa shape index (κ1) is 12.3. The third-order valence-corrected chi connectivity index (χ3v) is 2.85. The molecule has 1 aliphatic rings. The van der Waals surface area contributed by atoms with E-state index in [1.165, 1.54) is 32.5 Å². The third-order valence-electron chi connectivity index (χ3n) is 2.85. The van der Waals surface area contributed by atoms with Gasteiger partial charge in [-0.2, -0.15) is 0 Å². The number of rotatable bonds is 4. The molecule has 0 aromatic carbocycles. The fourth-order valence-corrected chi connectivity index (χ4v) is 2.02. The van der Waals surface area contributed by atoms with Gasteiger partial charge in [0, 0.05) is 27.2 Å². The lowest BCUT2D eigenvalue weighted by Crippen LogP contribution is -2.39. The molecule has 0 spiro atoms. The maximum absolute atomic E-state index is 4.09. The molecular formula is C11H24N4. The van der Waals surface area contributed by atoms with Gasteiger partial charge in [0.1, 0.15) is 0 Å². The lowest BCUT2D eigenvalue weighted by molar-refractivity contribution is 0.287. The molecule has 2 N–H and O–H groups in total. The predicted octanol–water partition coefficient (Wildman–Crippen LogP) is 0.513. The molecule has 0 bridgehead atoms. The smallest absolute Gasteiger partial charge is 0.190 e. The minimum atomic E-state index is 0.674. The average Bonchev–Trinajstić information content (AvgIpc) is 2.72. The highest BCUT2D eigenvalue weighted by Crippen LogP contribution is 2.09. The number of likely N-dealkylation sites (tertiary alicyclic amines) is 1. The molecular weight excluding hydrogens is 188 g/mol. The van der Waals surface area contributed by atoms with Crippen LogP contribution in [0.4, 0.5) is 0 Å². The molecule has 1 heterocycles. The fourth-order valence-electron chi connectivity index (χ4n) is 2.02. The first-order valence-corrected chi connectivity index (χ1v) is 5.87. The van der Waals surface area contributed by atoms with E-state index in [0.717, 1.165) is 12.5 Å². The molecule has 4 nitrogen and oxygen atoms in total. The van der Waals surface area contributed by atoms with Crippen molar-refractivity contribution in [2.75, 3.05) is 40.3 Å². The van der Waals surface area contributed by atoms with Crippen molar-refractivity contribution in [3.8, 4) is 0 Å². The SMILES string of the molecule is CN=C(NC)NCC(C)CN1CCCC1. The van der Waals surface area contributed by atoms with E-state index in [-0.39, 0.29) is 0 Å². The molecule has 0 saturated carbocycles. The number of nitrogens with zero attached hydrogens (tertiary/aromatic N) is 2. The molecule has 1 atom stereocenters. The summed E-state index contributed by atoms with van der Waals surface area (Å²) in [6.07, 6.45) is 2.75. The molecule has 1 unspecified atom stereocenters. The van der Waals surface area contributed by atoms with E-state index in [1.54, 1.807) is 7.05 Å². The van der Waals surface area contributed by atoms with Crippen LogP contribution in [0.15, 0.2) is 4.99 Å². The molecule has 1 aliphatic heterocycles. The van der Waals surface area contributed by atoms with Crippen LogP contribution in [0.25, 0.3) is 0 Å². The molecule has 0 amide bonds. The highest BCUT2D eigenvalue weighted by Gasteiger charge is 2.14. The van der Waals surface area contributed by atoms with Gasteiger partial charge in [0.15, 0.2) is 5.96 Å². The van der Waals surface area contributed by atoms with Crippen LogP contribution >= 0.6 is 0 Å². The summed E-state index contributed by atoms with van der Waals surface area (Å²) >= 11 is 0. The summed E-state index contributed by atoms with van der Waals surface area (Å²) in [5, 5.41) is 6.33. The standard InChI is InChI=1S/C11H24N4/c1-10(8-14-11(12-2)13-3)9-15-6-4-5-7-15/h10H,4-9H2,1-3H3,(H2,12,13,14). The Bertz CT molecular complexity index is 197. The van der Waals surface area contributed by atoms with E-state index < -0.39 is 0 Å². The summed E-state index contributed by atoms with van der Waals surface area (Å²) in [6.45, 7) is 7.04. The monoisotopic (exact) mass is 212 g/mol. The van der Waals surface area contributed by atoms with E-state index in [0.29, 0.717) is 5.92 Å². The van der Waals surface area contributed by atoms with E-state index >= 15 is 0 Å². The van der Waals surface area contributed by atoms with Crippen molar-refractivity contribution in [2.24, 2.45) is 10.9 Å². The van der Waals surface area contributed by atoms with Crippen LogP contribution in [0.2, 0.25) is 0 Å². The second-order valence-electron chi connectivity index (χ2n) is 4.32. The summed E-state index contributed by atoms with van der Waals surface area (Å²) in [7, 11) is 3.68. The van der Waals surface area contributed by atoms with Crippen LogP contribution < -0.4 is 10.6 Å². The van der Waals surface area contributed by atoms with Crippen molar-refractivity contribution in [1.29, 1.82) is 0 Å². The molecule has 1 rings (SSSR count). The third kappa shape index (κ3) is 4.51. The number of hydrogen-bond donors (Lipinski definition) is 2. The van der Waals surface area contributed by atoms with Crippen molar-refractivity contribution in [3.63, 3.8) is 0 Å². The average molecular weight is 212 g/mol. The van der Waals surface area contributed by atoms with E-state index in [2.05, 4.69) is 27.4 Å². The second-order valence-corrected chi connectivity index (χ2v) is 4.32. The topological polar surface area (TPSA) is 39.7 Å². The Morgan fingerprint density at radius 1 is 1.40 bits per heavy atom. The number of guanidine groups is 1. The quantitative estimate of drug-likeness (QED) is 0.527. The lowest BCUT2D eigenvalue weighted by atomic mass is 10.1. The van der Waals surface area contributed by atoms with E-state index in [4.69, 9.17) is 0 Å². The minimum absolute atomic E-state index is 0.674. The Morgan fingerprint density at radius 2 is 2.07 bits per heavy atom.